The third-order valence-corrected chi connectivity index (χ3v) is 4.08. The maximum Gasteiger partial charge on any atom is 0.267 e. The number of primary amides is 2. The molecular formula is C21H18N6O3. The molecule has 0 aliphatic rings. The Labute approximate surface area is 172 Å². The van der Waals surface area contributed by atoms with Crippen LogP contribution < -0.4 is 21.5 Å². The first-order valence-electron chi connectivity index (χ1n) is 8.86. The van der Waals surface area contributed by atoms with Crippen LogP contribution in [0.3, 0.4) is 0 Å². The van der Waals surface area contributed by atoms with E-state index in [0.717, 1.165) is 0 Å². The molecule has 0 unspecified atom stereocenters. The fourth-order valence-corrected chi connectivity index (χ4v) is 2.47. The topological polar surface area (TPSA) is 138 Å². The van der Waals surface area contributed by atoms with Crippen LogP contribution in [0.1, 0.15) is 17.4 Å². The van der Waals surface area contributed by atoms with Crippen LogP contribution in [0.25, 0.3) is 16.2 Å². The van der Waals surface area contributed by atoms with Crippen LogP contribution >= 0.6 is 0 Å². The van der Waals surface area contributed by atoms with Crippen molar-refractivity contribution in [3.8, 4) is 22.9 Å². The second kappa shape index (κ2) is 8.70. The molecule has 0 saturated heterocycles. The number of carbonyl (C=O) groups excluding carboxylic acids is 2. The average Bonchev–Trinajstić information content (AvgIpc) is 2.74. The Bertz CT molecular complexity index is 1120. The van der Waals surface area contributed by atoms with E-state index in [9.17, 15) is 9.59 Å². The summed E-state index contributed by atoms with van der Waals surface area (Å²) in [6.45, 7) is 8.55. The van der Waals surface area contributed by atoms with Crippen molar-refractivity contribution in [2.24, 2.45) is 11.5 Å². The Balaban J connectivity index is 1.85. The molecule has 1 aromatic heterocycles. The molecule has 30 heavy (non-hydrogen) atoms. The van der Waals surface area contributed by atoms with Crippen LogP contribution in [-0.2, 0) is 4.79 Å². The van der Waals surface area contributed by atoms with Crippen molar-refractivity contribution in [1.29, 1.82) is 0 Å². The van der Waals surface area contributed by atoms with E-state index >= 15 is 0 Å². The number of nitrogens with one attached hydrogen (secondary N) is 1. The van der Waals surface area contributed by atoms with E-state index in [4.69, 9.17) is 22.8 Å². The number of rotatable bonds is 7. The van der Waals surface area contributed by atoms with Crippen molar-refractivity contribution in [3.63, 3.8) is 0 Å². The first-order valence-corrected chi connectivity index (χ1v) is 8.86. The standard InChI is InChI=1S/C21H18N6O3/c1-12(19(22)28)25-18-11-17(20(23)29)26-21(27-18)13-3-7-15(8-4-13)30-16-9-5-14(24-2)6-10-16/h3-12H,1H3,(H2,22,28)(H2,23,29)(H,25,26,27)/t12-/m0/s1. The van der Waals surface area contributed by atoms with Gasteiger partial charge in [-0.15, -0.1) is 0 Å². The normalized spacial score (nSPS) is 11.2. The molecule has 0 bridgehead atoms. The van der Waals surface area contributed by atoms with Gasteiger partial charge in [0.15, 0.2) is 11.5 Å². The van der Waals surface area contributed by atoms with Crippen molar-refractivity contribution in [3.05, 3.63) is 71.7 Å². The summed E-state index contributed by atoms with van der Waals surface area (Å²) < 4.78 is 5.75. The molecule has 1 atom stereocenters. The molecule has 0 saturated carbocycles. The highest BCUT2D eigenvalue weighted by molar-refractivity contribution is 5.92. The van der Waals surface area contributed by atoms with Gasteiger partial charge in [0, 0.05) is 11.6 Å². The van der Waals surface area contributed by atoms with E-state index in [1.54, 1.807) is 55.5 Å². The number of amides is 2. The average molecular weight is 402 g/mol. The number of nitrogens with zero attached hydrogens (tertiary/aromatic N) is 3. The number of aromatic nitrogens is 2. The van der Waals surface area contributed by atoms with Crippen LogP contribution in [0.4, 0.5) is 11.5 Å². The number of anilines is 1. The predicted molar refractivity (Wildman–Crippen MR) is 111 cm³/mol. The van der Waals surface area contributed by atoms with E-state index < -0.39 is 17.9 Å². The second-order valence-electron chi connectivity index (χ2n) is 6.33. The third-order valence-electron chi connectivity index (χ3n) is 4.08. The van der Waals surface area contributed by atoms with E-state index in [2.05, 4.69) is 20.1 Å². The molecule has 0 aliphatic heterocycles. The molecule has 9 nitrogen and oxygen atoms in total. The van der Waals surface area contributed by atoms with Gasteiger partial charge in [-0.2, -0.15) is 0 Å². The lowest BCUT2D eigenvalue weighted by Crippen LogP contribution is -2.33. The highest BCUT2D eigenvalue weighted by Crippen LogP contribution is 2.26. The van der Waals surface area contributed by atoms with Crippen LogP contribution in [0.15, 0.2) is 54.6 Å². The van der Waals surface area contributed by atoms with E-state index in [1.807, 2.05) is 0 Å². The van der Waals surface area contributed by atoms with Gasteiger partial charge in [0.2, 0.25) is 5.91 Å². The van der Waals surface area contributed by atoms with E-state index in [0.29, 0.717) is 22.7 Å². The largest absolute Gasteiger partial charge is 0.457 e. The van der Waals surface area contributed by atoms with Gasteiger partial charge in [-0.3, -0.25) is 9.59 Å². The molecule has 9 heteroatoms. The van der Waals surface area contributed by atoms with Crippen LogP contribution in [0.2, 0.25) is 0 Å². The molecule has 3 rings (SSSR count). The van der Waals surface area contributed by atoms with E-state index in [-0.39, 0.29) is 17.3 Å². The summed E-state index contributed by atoms with van der Waals surface area (Å²) in [5.74, 6) is 0.367. The summed E-state index contributed by atoms with van der Waals surface area (Å²) in [5, 5.41) is 2.82. The summed E-state index contributed by atoms with van der Waals surface area (Å²) in [4.78, 5) is 34.8. The number of ether oxygens (including phenoxy) is 1. The number of nitrogens with two attached hydrogens (primary N) is 2. The van der Waals surface area contributed by atoms with Crippen molar-refractivity contribution in [1.82, 2.24) is 9.97 Å². The first kappa shape index (κ1) is 20.3. The summed E-state index contributed by atoms with van der Waals surface area (Å²) in [5.41, 5.74) is 11.8. The molecule has 5 N–H and O–H groups in total. The minimum atomic E-state index is -0.726. The SMILES string of the molecule is [C-]#[N+]c1ccc(Oc2ccc(-c3nc(N[C@@H](C)C(N)=O)cc(C(N)=O)n3)cc2)cc1. The van der Waals surface area contributed by atoms with Gasteiger partial charge in [0.25, 0.3) is 5.91 Å². The van der Waals surface area contributed by atoms with Gasteiger partial charge < -0.3 is 21.5 Å². The Morgan fingerprint density at radius 2 is 1.63 bits per heavy atom. The third kappa shape index (κ3) is 4.88. The molecule has 150 valence electrons. The predicted octanol–water partition coefficient (Wildman–Crippen LogP) is 2.87. The maximum atomic E-state index is 11.6. The molecule has 0 radical (unpaired) electrons. The van der Waals surface area contributed by atoms with Crippen molar-refractivity contribution >= 4 is 23.3 Å². The summed E-state index contributed by atoms with van der Waals surface area (Å²) in [7, 11) is 0. The molecule has 1 heterocycles. The monoisotopic (exact) mass is 402 g/mol. The van der Waals surface area contributed by atoms with Crippen molar-refractivity contribution in [2.45, 2.75) is 13.0 Å². The van der Waals surface area contributed by atoms with Crippen LogP contribution in [0.5, 0.6) is 11.5 Å². The minimum Gasteiger partial charge on any atom is -0.457 e. The maximum absolute atomic E-state index is 11.6. The zero-order chi connectivity index (χ0) is 21.7. The molecule has 2 aromatic carbocycles. The van der Waals surface area contributed by atoms with Crippen LogP contribution in [0, 0.1) is 6.57 Å². The lowest BCUT2D eigenvalue weighted by atomic mass is 10.2. The van der Waals surface area contributed by atoms with Crippen LogP contribution in [-0.4, -0.2) is 27.8 Å². The molecule has 0 spiro atoms. The van der Waals surface area contributed by atoms with Gasteiger partial charge in [-0.05, 0) is 43.3 Å². The van der Waals surface area contributed by atoms with Gasteiger partial charge in [-0.25, -0.2) is 14.8 Å². The molecule has 0 aliphatic carbocycles. The Kier molecular flexibility index (Phi) is 5.89. The lowest BCUT2D eigenvalue weighted by molar-refractivity contribution is -0.118. The quantitative estimate of drug-likeness (QED) is 0.520. The fourth-order valence-electron chi connectivity index (χ4n) is 2.47. The zero-order valence-electron chi connectivity index (χ0n) is 16.0. The summed E-state index contributed by atoms with van der Waals surface area (Å²) >= 11 is 0. The molecule has 3 aromatic rings. The molecule has 2 amide bonds. The van der Waals surface area contributed by atoms with Gasteiger partial charge in [0.1, 0.15) is 29.1 Å². The molecular weight excluding hydrogens is 384 g/mol. The summed E-state index contributed by atoms with van der Waals surface area (Å²) in [6, 6.07) is 14.3. The smallest absolute Gasteiger partial charge is 0.267 e. The van der Waals surface area contributed by atoms with Crippen molar-refractivity contribution in [2.75, 3.05) is 5.32 Å². The fraction of sp³-hybridized carbons (Fsp3) is 0.0952. The van der Waals surface area contributed by atoms with Gasteiger partial charge in [-0.1, -0.05) is 12.1 Å². The number of carbonyl (C=O) groups is 2. The van der Waals surface area contributed by atoms with Crippen molar-refractivity contribution < 1.29 is 14.3 Å². The minimum absolute atomic E-state index is 0.000561. The van der Waals surface area contributed by atoms with Gasteiger partial charge in [0.05, 0.1) is 6.57 Å². The lowest BCUT2D eigenvalue weighted by Gasteiger charge is -2.13. The highest BCUT2D eigenvalue weighted by atomic mass is 16.5. The highest BCUT2D eigenvalue weighted by Gasteiger charge is 2.14. The second-order valence-corrected chi connectivity index (χ2v) is 6.33. The number of hydrogen-bond donors (Lipinski definition) is 3. The number of hydrogen-bond acceptors (Lipinski definition) is 6. The number of benzene rings is 2. The van der Waals surface area contributed by atoms with E-state index in [1.165, 1.54) is 6.07 Å². The van der Waals surface area contributed by atoms with Gasteiger partial charge >= 0.3 is 0 Å². The Morgan fingerprint density at radius 3 is 2.17 bits per heavy atom. The first-order chi connectivity index (χ1) is 14.4. The zero-order valence-corrected chi connectivity index (χ0v) is 16.0. The Hall–Kier alpha value is -4.45. The Morgan fingerprint density at radius 1 is 1.03 bits per heavy atom. The molecule has 0 fully saturated rings. The summed E-state index contributed by atoms with van der Waals surface area (Å²) in [6.07, 6.45) is 0.